The fraction of sp³-hybridized carbons (Fsp3) is 0.136. The molecule has 0 atom stereocenters. The summed E-state index contributed by atoms with van der Waals surface area (Å²) < 4.78 is 0. The Balaban J connectivity index is 0.000000529. The molecule has 0 aliphatic rings. The monoisotopic (exact) mass is 472 g/mol. The van der Waals surface area contributed by atoms with Crippen molar-refractivity contribution in [3.8, 4) is 5.75 Å². The Bertz CT molecular complexity index is 1040. The predicted octanol–water partition coefficient (Wildman–Crippen LogP) is 0.121. The molecule has 0 spiro atoms. The zero-order valence-corrected chi connectivity index (χ0v) is 17.4. The topological polar surface area (TPSA) is 164 Å². The molecule has 2 heterocycles. The summed E-state index contributed by atoms with van der Waals surface area (Å²) in [5.74, 6) is -1.12. The Kier molecular flexibility index (Phi) is 12.6. The van der Waals surface area contributed by atoms with Crippen LogP contribution >= 0.6 is 0 Å². The molecule has 4 rings (SSSR count). The molecular formula is C22H23CuN3O5. The third-order valence-electron chi connectivity index (χ3n) is 4.14. The fourth-order valence-corrected chi connectivity index (χ4v) is 2.74. The van der Waals surface area contributed by atoms with E-state index in [1.807, 2.05) is 12.1 Å². The Morgan fingerprint density at radius 2 is 1.39 bits per heavy atom. The number of aliphatic carboxylic acids is 1. The number of carboxylic acid groups (broad SMARTS) is 1. The van der Waals surface area contributed by atoms with E-state index in [2.05, 4.69) is 39.6 Å². The number of carbonyl (C=O) groups excluding carboxylic acids is 1. The molecule has 4 aromatic rings. The van der Waals surface area contributed by atoms with E-state index in [1.54, 1.807) is 30.6 Å². The summed E-state index contributed by atoms with van der Waals surface area (Å²) in [6.45, 7) is 0.712. The van der Waals surface area contributed by atoms with E-state index in [0.717, 1.165) is 21.8 Å². The van der Waals surface area contributed by atoms with E-state index in [9.17, 15) is 15.0 Å². The van der Waals surface area contributed by atoms with E-state index in [-0.39, 0.29) is 40.2 Å². The van der Waals surface area contributed by atoms with Crippen LogP contribution in [0, 0.1) is 0 Å². The first-order chi connectivity index (χ1) is 13.6. The number of fused-ring (bicyclic) bond motifs is 3. The van der Waals surface area contributed by atoms with Crippen LogP contribution in [0.5, 0.6) is 5.75 Å². The van der Waals surface area contributed by atoms with Gasteiger partial charge < -0.3 is 31.3 Å². The van der Waals surface area contributed by atoms with Crippen LogP contribution in [-0.4, -0.2) is 33.4 Å². The molecule has 31 heavy (non-hydrogen) atoms. The fourth-order valence-electron chi connectivity index (χ4n) is 2.74. The normalized spacial score (nSPS) is 9.42. The van der Waals surface area contributed by atoms with Gasteiger partial charge in [0.2, 0.25) is 0 Å². The molecular weight excluding hydrogens is 450 g/mol. The van der Waals surface area contributed by atoms with E-state index in [0.29, 0.717) is 18.7 Å². The van der Waals surface area contributed by atoms with Gasteiger partial charge in [0, 0.05) is 42.2 Å². The number of benzene rings is 2. The van der Waals surface area contributed by atoms with Crippen molar-refractivity contribution in [1.29, 1.82) is 0 Å². The maximum Gasteiger partial charge on any atom is 2.00 e. The molecule has 167 valence electrons. The number of hydrogen-bond donors (Lipinski definition) is 1. The average molecular weight is 473 g/mol. The van der Waals surface area contributed by atoms with Crippen LogP contribution < -0.4 is 15.5 Å². The minimum atomic E-state index is -1.09. The predicted molar refractivity (Wildman–Crippen MR) is 111 cm³/mol. The zero-order valence-electron chi connectivity index (χ0n) is 16.5. The summed E-state index contributed by atoms with van der Waals surface area (Å²) in [4.78, 5) is 18.8. The molecule has 0 bridgehead atoms. The molecule has 0 unspecified atom stereocenters. The molecule has 2 aromatic heterocycles. The van der Waals surface area contributed by atoms with Crippen molar-refractivity contribution < 1.29 is 43.0 Å². The van der Waals surface area contributed by atoms with Crippen LogP contribution in [-0.2, 0) is 28.4 Å². The van der Waals surface area contributed by atoms with Crippen molar-refractivity contribution in [2.24, 2.45) is 0 Å². The van der Waals surface area contributed by atoms with Crippen molar-refractivity contribution >= 4 is 27.8 Å². The number of nitrogens with zero attached hydrogens (tertiary/aromatic N) is 2. The Labute approximate surface area is 190 Å². The summed E-state index contributed by atoms with van der Waals surface area (Å²) in [5.41, 5.74) is 2.60. The first-order valence-electron chi connectivity index (χ1n) is 8.89. The van der Waals surface area contributed by atoms with Gasteiger partial charge in [-0.05, 0) is 24.1 Å². The smallest absolute Gasteiger partial charge is 0.872 e. The van der Waals surface area contributed by atoms with Gasteiger partial charge in [-0.25, -0.2) is 0 Å². The van der Waals surface area contributed by atoms with Gasteiger partial charge >= 0.3 is 17.1 Å². The summed E-state index contributed by atoms with van der Waals surface area (Å²) in [6, 6.07) is 18.8. The van der Waals surface area contributed by atoms with Crippen molar-refractivity contribution in [1.82, 2.24) is 15.3 Å². The van der Waals surface area contributed by atoms with E-state index in [4.69, 9.17) is 0 Å². The number of hydrogen-bond acceptors (Lipinski definition) is 6. The van der Waals surface area contributed by atoms with Crippen LogP contribution in [0.3, 0.4) is 0 Å². The number of carboxylic acids is 1. The van der Waals surface area contributed by atoms with Crippen molar-refractivity contribution in [2.45, 2.75) is 13.0 Å². The quantitative estimate of drug-likeness (QED) is 0.246. The SMILES string of the molecule is O.O.O=C([O-])CCNCc1ccccc1[O-].[Cu+2].c1cnc2c(c1)ccc1cccnc12. The van der Waals surface area contributed by atoms with E-state index >= 15 is 0 Å². The Morgan fingerprint density at radius 1 is 0.839 bits per heavy atom. The zero-order chi connectivity index (χ0) is 19.8. The van der Waals surface area contributed by atoms with Gasteiger partial charge in [-0.3, -0.25) is 9.97 Å². The molecule has 9 heteroatoms. The van der Waals surface area contributed by atoms with Gasteiger partial charge in [0.1, 0.15) is 0 Å². The Morgan fingerprint density at radius 3 is 1.90 bits per heavy atom. The standard InChI is InChI=1S/C12H8N2.C10H13NO3.Cu.2H2O/c1-3-9-5-6-10-4-2-8-14-12(10)11(9)13-7-1;12-9-4-2-1-3-8(9)7-11-6-5-10(13)14;;;/h1-8H;1-4,11-12H,5-7H2,(H,13,14);;2*1H2/q;;+2;;/p-2. The minimum Gasteiger partial charge on any atom is -0.872 e. The molecule has 1 radical (unpaired) electrons. The van der Waals surface area contributed by atoms with Gasteiger partial charge in [0.15, 0.2) is 0 Å². The maximum absolute atomic E-state index is 11.2. The van der Waals surface area contributed by atoms with Crippen LogP contribution in [0.1, 0.15) is 12.0 Å². The first kappa shape index (κ1) is 27.9. The second-order valence-corrected chi connectivity index (χ2v) is 6.12. The molecule has 0 aliphatic heterocycles. The molecule has 0 aliphatic carbocycles. The molecule has 0 fully saturated rings. The van der Waals surface area contributed by atoms with Crippen LogP contribution in [0.2, 0.25) is 0 Å². The Hall–Kier alpha value is -3.07. The van der Waals surface area contributed by atoms with Crippen molar-refractivity contribution in [3.05, 3.63) is 78.6 Å². The minimum absolute atomic E-state index is 0. The third-order valence-corrected chi connectivity index (χ3v) is 4.14. The van der Waals surface area contributed by atoms with Gasteiger partial charge in [0.05, 0.1) is 11.0 Å². The summed E-state index contributed by atoms with van der Waals surface area (Å²) in [7, 11) is 0. The largest absolute Gasteiger partial charge is 2.00 e. The van der Waals surface area contributed by atoms with E-state index in [1.165, 1.54) is 6.07 Å². The number of aromatic nitrogens is 2. The first-order valence-corrected chi connectivity index (χ1v) is 8.89. The molecule has 0 amide bonds. The molecule has 5 N–H and O–H groups in total. The van der Waals surface area contributed by atoms with Crippen molar-refractivity contribution in [2.75, 3.05) is 6.54 Å². The van der Waals surface area contributed by atoms with Gasteiger partial charge in [-0.15, -0.1) is 5.75 Å². The summed E-state index contributed by atoms with van der Waals surface area (Å²) >= 11 is 0. The number of nitrogens with one attached hydrogen (secondary N) is 1. The van der Waals surface area contributed by atoms with Gasteiger partial charge in [-0.1, -0.05) is 48.5 Å². The summed E-state index contributed by atoms with van der Waals surface area (Å²) in [5, 5.41) is 26.4. The number of para-hydroxylation sites is 1. The second-order valence-electron chi connectivity index (χ2n) is 6.12. The number of rotatable bonds is 5. The number of carbonyl (C=O) groups is 1. The number of pyridine rings is 2. The maximum atomic E-state index is 11.2. The molecule has 0 saturated heterocycles. The van der Waals surface area contributed by atoms with Gasteiger partial charge in [-0.2, -0.15) is 0 Å². The molecule has 0 saturated carbocycles. The molecule has 2 aromatic carbocycles. The second kappa shape index (κ2) is 14.0. The van der Waals surface area contributed by atoms with Gasteiger partial charge in [0.25, 0.3) is 0 Å². The van der Waals surface area contributed by atoms with Crippen LogP contribution in [0.15, 0.2) is 73.1 Å². The van der Waals surface area contributed by atoms with E-state index < -0.39 is 5.97 Å². The third kappa shape index (κ3) is 7.93. The van der Waals surface area contributed by atoms with Crippen LogP contribution in [0.25, 0.3) is 21.8 Å². The van der Waals surface area contributed by atoms with Crippen molar-refractivity contribution in [3.63, 3.8) is 0 Å². The van der Waals surface area contributed by atoms with Crippen LogP contribution in [0.4, 0.5) is 0 Å². The molecule has 8 nitrogen and oxygen atoms in total. The average Bonchev–Trinajstić information content (AvgIpc) is 2.73. The summed E-state index contributed by atoms with van der Waals surface area (Å²) in [6.07, 6.45) is 3.56.